The van der Waals surface area contributed by atoms with E-state index in [1.807, 2.05) is 13.8 Å². The molecule has 1 N–H and O–H groups in total. The molecule has 0 aromatic heterocycles. The SMILES string of the molecule is CC.CN1CCN(CC2(O)CCN(C)CC2)CC1. The van der Waals surface area contributed by atoms with E-state index in [2.05, 4.69) is 28.8 Å². The topological polar surface area (TPSA) is 30.0 Å². The molecule has 2 fully saturated rings. The molecule has 2 rings (SSSR count). The molecular formula is C14H31N3O. The standard InChI is InChI=1S/C12H25N3O.C2H6/c1-13-5-3-12(16,4-6-13)11-15-9-7-14(2)8-10-15;1-2/h16H,3-11H2,1-2H3;1-2H3. The number of likely N-dealkylation sites (N-methyl/N-ethyl adjacent to an activating group) is 1. The third kappa shape index (κ3) is 4.84. The van der Waals surface area contributed by atoms with Gasteiger partial charge in [-0.15, -0.1) is 0 Å². The van der Waals surface area contributed by atoms with Crippen LogP contribution in [-0.2, 0) is 0 Å². The summed E-state index contributed by atoms with van der Waals surface area (Å²) in [6.45, 7) is 11.4. The lowest BCUT2D eigenvalue weighted by atomic mass is 9.91. The Labute approximate surface area is 113 Å². The summed E-state index contributed by atoms with van der Waals surface area (Å²) in [5.41, 5.74) is -0.428. The smallest absolute Gasteiger partial charge is 0.0798 e. The number of aliphatic hydroxyl groups is 1. The van der Waals surface area contributed by atoms with Crippen molar-refractivity contribution in [1.82, 2.24) is 14.7 Å². The van der Waals surface area contributed by atoms with E-state index in [0.29, 0.717) is 0 Å². The van der Waals surface area contributed by atoms with Gasteiger partial charge in [-0.05, 0) is 26.9 Å². The summed E-state index contributed by atoms with van der Waals surface area (Å²) in [4.78, 5) is 7.08. The van der Waals surface area contributed by atoms with Crippen LogP contribution in [0.3, 0.4) is 0 Å². The van der Waals surface area contributed by atoms with E-state index in [-0.39, 0.29) is 0 Å². The summed E-state index contributed by atoms with van der Waals surface area (Å²) in [7, 11) is 4.30. The molecule has 0 unspecified atom stereocenters. The third-order valence-corrected chi connectivity index (χ3v) is 4.03. The number of piperidine rings is 1. The molecule has 2 heterocycles. The fourth-order valence-corrected chi connectivity index (χ4v) is 2.62. The highest BCUT2D eigenvalue weighted by Crippen LogP contribution is 2.22. The Morgan fingerprint density at radius 2 is 1.28 bits per heavy atom. The lowest BCUT2D eigenvalue weighted by Gasteiger charge is -2.42. The number of likely N-dealkylation sites (tertiary alicyclic amines) is 1. The molecule has 0 aliphatic carbocycles. The van der Waals surface area contributed by atoms with Crippen LogP contribution in [0.5, 0.6) is 0 Å². The molecule has 0 aromatic rings. The van der Waals surface area contributed by atoms with Crippen LogP contribution in [0.4, 0.5) is 0 Å². The van der Waals surface area contributed by atoms with Gasteiger partial charge in [0.2, 0.25) is 0 Å². The van der Waals surface area contributed by atoms with Crippen molar-refractivity contribution in [3.05, 3.63) is 0 Å². The Kier molecular flexibility index (Phi) is 6.57. The molecule has 0 amide bonds. The Morgan fingerprint density at radius 1 is 0.833 bits per heavy atom. The molecule has 0 aromatic carbocycles. The van der Waals surface area contributed by atoms with Crippen LogP contribution in [0.15, 0.2) is 0 Å². The fraction of sp³-hybridized carbons (Fsp3) is 1.00. The fourth-order valence-electron chi connectivity index (χ4n) is 2.62. The van der Waals surface area contributed by atoms with E-state index >= 15 is 0 Å². The van der Waals surface area contributed by atoms with Crippen molar-refractivity contribution in [3.8, 4) is 0 Å². The predicted octanol–water partition coefficient (Wildman–Crippen LogP) is 0.717. The van der Waals surface area contributed by atoms with Crippen molar-refractivity contribution in [2.45, 2.75) is 32.3 Å². The molecule has 4 heteroatoms. The van der Waals surface area contributed by atoms with Gasteiger partial charge in [-0.2, -0.15) is 0 Å². The second-order valence-electron chi connectivity index (χ2n) is 5.61. The van der Waals surface area contributed by atoms with Crippen LogP contribution < -0.4 is 0 Å². The highest BCUT2D eigenvalue weighted by Gasteiger charge is 2.33. The van der Waals surface area contributed by atoms with Crippen LogP contribution in [0.2, 0.25) is 0 Å². The van der Waals surface area contributed by atoms with Crippen LogP contribution in [0.25, 0.3) is 0 Å². The van der Waals surface area contributed by atoms with Crippen molar-refractivity contribution in [2.75, 3.05) is 59.9 Å². The summed E-state index contributed by atoms with van der Waals surface area (Å²) in [6.07, 6.45) is 1.85. The first-order valence-electron chi connectivity index (χ1n) is 7.39. The average molecular weight is 257 g/mol. The number of hydrogen-bond donors (Lipinski definition) is 1. The lowest BCUT2D eigenvalue weighted by molar-refractivity contribution is -0.0475. The Bertz CT molecular complexity index is 219. The van der Waals surface area contributed by atoms with Gasteiger partial charge in [-0.3, -0.25) is 4.90 Å². The number of rotatable bonds is 2. The second-order valence-corrected chi connectivity index (χ2v) is 5.61. The number of β-amino-alcohol motifs (C(OH)–C–C–N with tert-alkyl or cyclic N) is 1. The van der Waals surface area contributed by atoms with E-state index in [1.165, 1.54) is 0 Å². The van der Waals surface area contributed by atoms with Crippen molar-refractivity contribution in [1.29, 1.82) is 0 Å². The predicted molar refractivity (Wildman–Crippen MR) is 77.0 cm³/mol. The first-order chi connectivity index (χ1) is 8.57. The Morgan fingerprint density at radius 3 is 1.78 bits per heavy atom. The minimum absolute atomic E-state index is 0.428. The molecule has 108 valence electrons. The quantitative estimate of drug-likeness (QED) is 0.789. The highest BCUT2D eigenvalue weighted by atomic mass is 16.3. The molecule has 0 radical (unpaired) electrons. The Balaban J connectivity index is 0.000000771. The van der Waals surface area contributed by atoms with Gasteiger partial charge in [0.05, 0.1) is 5.60 Å². The highest BCUT2D eigenvalue weighted by molar-refractivity contribution is 4.88. The summed E-state index contributed by atoms with van der Waals surface area (Å²) in [5, 5.41) is 10.5. The van der Waals surface area contributed by atoms with Crippen LogP contribution >= 0.6 is 0 Å². The maximum Gasteiger partial charge on any atom is 0.0798 e. The zero-order valence-electron chi connectivity index (χ0n) is 12.7. The maximum atomic E-state index is 10.5. The number of hydrogen-bond acceptors (Lipinski definition) is 4. The molecule has 2 aliphatic heterocycles. The molecule has 2 aliphatic rings. The van der Waals surface area contributed by atoms with Crippen molar-refractivity contribution < 1.29 is 5.11 Å². The summed E-state index contributed by atoms with van der Waals surface area (Å²) >= 11 is 0. The normalized spacial score (nSPS) is 26.5. The van der Waals surface area contributed by atoms with Gasteiger partial charge in [0.15, 0.2) is 0 Å². The van der Waals surface area contributed by atoms with Gasteiger partial charge in [-0.25, -0.2) is 0 Å². The molecule has 0 saturated carbocycles. The maximum absolute atomic E-state index is 10.5. The minimum Gasteiger partial charge on any atom is -0.388 e. The van der Waals surface area contributed by atoms with Crippen molar-refractivity contribution in [2.24, 2.45) is 0 Å². The van der Waals surface area contributed by atoms with Crippen LogP contribution in [0, 0.1) is 0 Å². The van der Waals surface area contributed by atoms with E-state index in [4.69, 9.17) is 0 Å². The van der Waals surface area contributed by atoms with Gasteiger partial charge in [0.25, 0.3) is 0 Å². The molecule has 2 saturated heterocycles. The van der Waals surface area contributed by atoms with Crippen LogP contribution in [-0.4, -0.2) is 85.3 Å². The van der Waals surface area contributed by atoms with Gasteiger partial charge in [0.1, 0.15) is 0 Å². The van der Waals surface area contributed by atoms with E-state index < -0.39 is 5.60 Å². The monoisotopic (exact) mass is 257 g/mol. The van der Waals surface area contributed by atoms with Crippen molar-refractivity contribution in [3.63, 3.8) is 0 Å². The minimum atomic E-state index is -0.428. The Hall–Kier alpha value is -0.160. The number of piperazine rings is 1. The van der Waals surface area contributed by atoms with E-state index in [1.54, 1.807) is 0 Å². The van der Waals surface area contributed by atoms with Crippen molar-refractivity contribution >= 4 is 0 Å². The molecule has 0 bridgehead atoms. The van der Waals surface area contributed by atoms with E-state index in [0.717, 1.165) is 58.7 Å². The molecular weight excluding hydrogens is 226 g/mol. The average Bonchev–Trinajstić information content (AvgIpc) is 2.39. The third-order valence-electron chi connectivity index (χ3n) is 4.03. The molecule has 0 spiro atoms. The first kappa shape index (κ1) is 15.9. The van der Waals surface area contributed by atoms with Gasteiger partial charge >= 0.3 is 0 Å². The zero-order chi connectivity index (χ0) is 13.6. The number of nitrogens with zero attached hydrogens (tertiary/aromatic N) is 3. The van der Waals surface area contributed by atoms with Gasteiger partial charge < -0.3 is 14.9 Å². The zero-order valence-corrected chi connectivity index (χ0v) is 12.7. The van der Waals surface area contributed by atoms with Gasteiger partial charge in [0, 0.05) is 45.8 Å². The summed E-state index contributed by atoms with van der Waals surface area (Å²) in [6, 6.07) is 0. The second kappa shape index (κ2) is 7.43. The summed E-state index contributed by atoms with van der Waals surface area (Å²) < 4.78 is 0. The molecule has 4 nitrogen and oxygen atoms in total. The molecule has 18 heavy (non-hydrogen) atoms. The first-order valence-corrected chi connectivity index (χ1v) is 7.39. The largest absolute Gasteiger partial charge is 0.388 e. The van der Waals surface area contributed by atoms with E-state index in [9.17, 15) is 5.11 Å². The summed E-state index contributed by atoms with van der Waals surface area (Å²) in [5.74, 6) is 0. The van der Waals surface area contributed by atoms with Gasteiger partial charge in [-0.1, -0.05) is 13.8 Å². The molecule has 0 atom stereocenters. The lowest BCUT2D eigenvalue weighted by Crippen LogP contribution is -2.54. The van der Waals surface area contributed by atoms with Crippen LogP contribution in [0.1, 0.15) is 26.7 Å².